The van der Waals surface area contributed by atoms with Crippen LogP contribution in [0.3, 0.4) is 0 Å². The lowest BCUT2D eigenvalue weighted by Gasteiger charge is -2.24. The largest absolute Gasteiger partial charge is 0.508 e. The SMILES string of the molecule is CCCCOC(=O)/C(C)=C/c1cn(C2CCCCC2)c(-c2ccc(O)cc2)n1. The molecule has 5 nitrogen and oxygen atoms in total. The summed E-state index contributed by atoms with van der Waals surface area (Å²) in [7, 11) is 0. The Bertz CT molecular complexity index is 815. The Morgan fingerprint density at radius 2 is 1.96 bits per heavy atom. The smallest absolute Gasteiger partial charge is 0.333 e. The highest BCUT2D eigenvalue weighted by Gasteiger charge is 2.20. The van der Waals surface area contributed by atoms with Crippen LogP contribution in [0.1, 0.15) is 70.5 Å². The second kappa shape index (κ2) is 9.58. The highest BCUT2D eigenvalue weighted by atomic mass is 16.5. The molecule has 0 aliphatic heterocycles. The molecule has 28 heavy (non-hydrogen) atoms. The molecule has 150 valence electrons. The number of aromatic hydroxyl groups is 1. The maximum Gasteiger partial charge on any atom is 0.333 e. The Morgan fingerprint density at radius 1 is 1.25 bits per heavy atom. The number of phenolic OH excluding ortho intramolecular Hbond substituents is 1. The van der Waals surface area contributed by atoms with Gasteiger partial charge in [-0.1, -0.05) is 32.6 Å². The van der Waals surface area contributed by atoms with Crippen molar-refractivity contribution in [1.29, 1.82) is 0 Å². The molecule has 0 amide bonds. The minimum absolute atomic E-state index is 0.241. The first-order chi connectivity index (χ1) is 13.6. The molecule has 3 rings (SSSR count). The van der Waals surface area contributed by atoms with Crippen molar-refractivity contribution >= 4 is 12.0 Å². The van der Waals surface area contributed by atoms with Crippen LogP contribution in [0.15, 0.2) is 36.0 Å². The van der Waals surface area contributed by atoms with Crippen LogP contribution in [0.2, 0.25) is 0 Å². The first kappa shape index (κ1) is 20.2. The van der Waals surface area contributed by atoms with Gasteiger partial charge in [0.15, 0.2) is 0 Å². The zero-order chi connectivity index (χ0) is 19.9. The van der Waals surface area contributed by atoms with Crippen LogP contribution in [-0.2, 0) is 9.53 Å². The van der Waals surface area contributed by atoms with Crippen molar-refractivity contribution < 1.29 is 14.6 Å². The average Bonchev–Trinajstić information content (AvgIpc) is 3.13. The van der Waals surface area contributed by atoms with Gasteiger partial charge in [0.2, 0.25) is 0 Å². The molecule has 1 heterocycles. The Labute approximate surface area is 167 Å². The van der Waals surface area contributed by atoms with E-state index in [0.29, 0.717) is 18.2 Å². The summed E-state index contributed by atoms with van der Waals surface area (Å²) < 4.78 is 7.54. The van der Waals surface area contributed by atoms with Crippen molar-refractivity contribution in [3.05, 3.63) is 41.7 Å². The first-order valence-corrected chi connectivity index (χ1v) is 10.3. The second-order valence-corrected chi connectivity index (χ2v) is 7.55. The third-order valence-electron chi connectivity index (χ3n) is 5.26. The molecule has 1 aliphatic carbocycles. The van der Waals surface area contributed by atoms with Crippen LogP contribution in [0.5, 0.6) is 5.75 Å². The van der Waals surface area contributed by atoms with Crippen LogP contribution in [0, 0.1) is 0 Å². The molecule has 1 aromatic heterocycles. The number of carbonyl (C=O) groups is 1. The third kappa shape index (κ3) is 5.03. The van der Waals surface area contributed by atoms with E-state index in [1.165, 1.54) is 19.3 Å². The molecule has 0 radical (unpaired) electrons. The Morgan fingerprint density at radius 3 is 2.64 bits per heavy atom. The summed E-state index contributed by atoms with van der Waals surface area (Å²) in [6.07, 6.45) is 11.7. The van der Waals surface area contributed by atoms with Crippen molar-refractivity contribution in [3.63, 3.8) is 0 Å². The molecule has 1 fully saturated rings. The summed E-state index contributed by atoms with van der Waals surface area (Å²) in [5.74, 6) is 0.836. The Hall–Kier alpha value is -2.56. The van der Waals surface area contributed by atoms with Gasteiger partial charge in [-0.05, 0) is 56.5 Å². The van der Waals surface area contributed by atoms with Gasteiger partial charge in [0.05, 0.1) is 12.3 Å². The van der Waals surface area contributed by atoms with E-state index in [0.717, 1.165) is 42.8 Å². The molecule has 2 aromatic rings. The van der Waals surface area contributed by atoms with Gasteiger partial charge in [0.1, 0.15) is 11.6 Å². The highest BCUT2D eigenvalue weighted by Crippen LogP contribution is 2.33. The molecule has 1 aliphatic rings. The van der Waals surface area contributed by atoms with Crippen molar-refractivity contribution in [2.45, 2.75) is 64.8 Å². The fraction of sp³-hybridized carbons (Fsp3) is 0.478. The van der Waals surface area contributed by atoms with E-state index in [4.69, 9.17) is 9.72 Å². The van der Waals surface area contributed by atoms with Crippen LogP contribution in [0.4, 0.5) is 0 Å². The van der Waals surface area contributed by atoms with Gasteiger partial charge in [-0.3, -0.25) is 0 Å². The van der Waals surface area contributed by atoms with Crippen LogP contribution in [-0.4, -0.2) is 27.2 Å². The number of esters is 1. The quantitative estimate of drug-likeness (QED) is 0.390. The molecule has 0 unspecified atom stereocenters. The number of phenols is 1. The number of ether oxygens (including phenoxy) is 1. The van der Waals surface area contributed by atoms with Gasteiger partial charge < -0.3 is 14.4 Å². The zero-order valence-corrected chi connectivity index (χ0v) is 16.9. The second-order valence-electron chi connectivity index (χ2n) is 7.55. The normalized spacial score (nSPS) is 15.6. The maximum atomic E-state index is 12.2. The van der Waals surface area contributed by atoms with Crippen LogP contribution in [0.25, 0.3) is 17.5 Å². The van der Waals surface area contributed by atoms with E-state index in [9.17, 15) is 9.90 Å². The minimum atomic E-state index is -0.285. The molecule has 1 N–H and O–H groups in total. The summed E-state index contributed by atoms with van der Waals surface area (Å²) in [6, 6.07) is 7.55. The molecular formula is C23H30N2O3. The number of benzene rings is 1. The number of unbranched alkanes of at least 4 members (excludes halogenated alkanes) is 1. The summed E-state index contributed by atoms with van der Waals surface area (Å²) >= 11 is 0. The number of nitrogens with zero attached hydrogens (tertiary/aromatic N) is 2. The lowest BCUT2D eigenvalue weighted by atomic mass is 9.95. The topological polar surface area (TPSA) is 64.3 Å². The third-order valence-corrected chi connectivity index (χ3v) is 5.26. The average molecular weight is 383 g/mol. The Kier molecular flexibility index (Phi) is 6.90. The molecule has 5 heteroatoms. The number of hydrogen-bond donors (Lipinski definition) is 1. The fourth-order valence-electron chi connectivity index (χ4n) is 3.65. The zero-order valence-electron chi connectivity index (χ0n) is 16.9. The number of imidazole rings is 1. The molecule has 1 aromatic carbocycles. The molecule has 0 atom stereocenters. The summed E-state index contributed by atoms with van der Waals surface area (Å²) in [5, 5.41) is 9.61. The number of rotatable bonds is 7. The van der Waals surface area contributed by atoms with Gasteiger partial charge in [-0.25, -0.2) is 9.78 Å². The number of carbonyl (C=O) groups excluding carboxylic acids is 1. The van der Waals surface area contributed by atoms with E-state index in [1.807, 2.05) is 18.3 Å². The lowest BCUT2D eigenvalue weighted by molar-refractivity contribution is -0.138. The maximum absolute atomic E-state index is 12.2. The standard InChI is InChI=1S/C23H30N2O3/c1-3-4-14-28-23(27)17(2)15-19-16-25(20-8-6-5-7-9-20)22(24-19)18-10-12-21(26)13-11-18/h10-13,15-16,20,26H,3-9,14H2,1-2H3/b17-15+. The first-order valence-electron chi connectivity index (χ1n) is 10.3. The lowest BCUT2D eigenvalue weighted by Crippen LogP contribution is -2.13. The van der Waals surface area contributed by atoms with Crippen LogP contribution >= 0.6 is 0 Å². The van der Waals surface area contributed by atoms with Gasteiger partial charge in [0, 0.05) is 23.4 Å². The number of hydrogen-bond acceptors (Lipinski definition) is 4. The van der Waals surface area contributed by atoms with E-state index < -0.39 is 0 Å². The fourth-order valence-corrected chi connectivity index (χ4v) is 3.65. The molecular weight excluding hydrogens is 352 g/mol. The van der Waals surface area contributed by atoms with E-state index >= 15 is 0 Å². The summed E-state index contributed by atoms with van der Waals surface area (Å²) in [5.41, 5.74) is 2.28. The number of aromatic nitrogens is 2. The monoisotopic (exact) mass is 382 g/mol. The van der Waals surface area contributed by atoms with E-state index in [1.54, 1.807) is 25.1 Å². The minimum Gasteiger partial charge on any atom is -0.508 e. The Balaban J connectivity index is 1.88. The van der Waals surface area contributed by atoms with Gasteiger partial charge in [0.25, 0.3) is 0 Å². The highest BCUT2D eigenvalue weighted by molar-refractivity contribution is 5.92. The van der Waals surface area contributed by atoms with E-state index in [-0.39, 0.29) is 11.7 Å². The predicted octanol–water partition coefficient (Wildman–Crippen LogP) is 5.51. The molecule has 0 saturated heterocycles. The summed E-state index contributed by atoms with van der Waals surface area (Å²) in [6.45, 7) is 4.29. The van der Waals surface area contributed by atoms with Crippen molar-refractivity contribution in [2.75, 3.05) is 6.61 Å². The van der Waals surface area contributed by atoms with Gasteiger partial charge >= 0.3 is 5.97 Å². The molecule has 1 saturated carbocycles. The molecule has 0 bridgehead atoms. The van der Waals surface area contributed by atoms with Crippen molar-refractivity contribution in [1.82, 2.24) is 9.55 Å². The van der Waals surface area contributed by atoms with Crippen molar-refractivity contribution in [2.24, 2.45) is 0 Å². The van der Waals surface area contributed by atoms with Gasteiger partial charge in [-0.2, -0.15) is 0 Å². The van der Waals surface area contributed by atoms with Crippen LogP contribution < -0.4 is 0 Å². The molecule has 0 spiro atoms. The van der Waals surface area contributed by atoms with Crippen molar-refractivity contribution in [3.8, 4) is 17.1 Å². The van der Waals surface area contributed by atoms with Gasteiger partial charge in [-0.15, -0.1) is 0 Å². The predicted molar refractivity (Wildman–Crippen MR) is 111 cm³/mol. The van der Waals surface area contributed by atoms with E-state index in [2.05, 4.69) is 11.5 Å². The summed E-state index contributed by atoms with van der Waals surface area (Å²) in [4.78, 5) is 17.0.